The molecule has 0 unspecified atom stereocenters. The van der Waals surface area contributed by atoms with Crippen LogP contribution < -0.4 is 15.7 Å². The predicted molar refractivity (Wildman–Crippen MR) is 265 cm³/mol. The number of hydrogen-bond acceptors (Lipinski definition) is 8. The SMILES string of the molecule is CCC(CC)(c1ccc(O)c(C)c1)c1ccc(B2OC(C)(C)C(C)(C)O2)c(C)c1.CCC(CC)(c1ccc(OC[C@H]2CCC(=O)O2)c(C)c1)c1ccc(B2OC(C)(C)C(C)(C)O2)c(C)c1. The zero-order valence-corrected chi connectivity index (χ0v) is 42.4. The third kappa shape index (κ3) is 9.70. The van der Waals surface area contributed by atoms with Crippen molar-refractivity contribution in [2.75, 3.05) is 6.61 Å². The van der Waals surface area contributed by atoms with Crippen LogP contribution >= 0.6 is 0 Å². The molecule has 0 spiro atoms. The highest BCUT2D eigenvalue weighted by Crippen LogP contribution is 2.43. The monoisotopic (exact) mass is 887 g/mol. The molecule has 10 heteroatoms. The van der Waals surface area contributed by atoms with Gasteiger partial charge in [0.25, 0.3) is 0 Å². The van der Waals surface area contributed by atoms with Crippen molar-refractivity contribution in [3.05, 3.63) is 117 Å². The van der Waals surface area contributed by atoms with E-state index in [4.69, 9.17) is 28.1 Å². The molecule has 1 N–H and O–H groups in total. The maximum atomic E-state index is 11.4. The first kappa shape index (κ1) is 50.3. The highest BCUT2D eigenvalue weighted by molar-refractivity contribution is 6.63. The first-order chi connectivity index (χ1) is 30.4. The second kappa shape index (κ2) is 18.9. The molecule has 0 amide bonds. The minimum absolute atomic E-state index is 0.0856. The number of aryl methyl sites for hydroxylation is 4. The average molecular weight is 887 g/mol. The van der Waals surface area contributed by atoms with Crippen LogP contribution in [0.2, 0.25) is 0 Å². The molecule has 3 fully saturated rings. The van der Waals surface area contributed by atoms with Gasteiger partial charge in [0, 0.05) is 17.3 Å². The molecule has 65 heavy (non-hydrogen) atoms. The van der Waals surface area contributed by atoms with E-state index in [1.165, 1.54) is 33.4 Å². The van der Waals surface area contributed by atoms with Crippen LogP contribution in [0.1, 0.15) is 166 Å². The lowest BCUT2D eigenvalue weighted by Crippen LogP contribution is -2.41. The molecule has 0 saturated carbocycles. The number of ether oxygens (including phenoxy) is 2. The molecule has 8 nitrogen and oxygen atoms in total. The molecule has 0 radical (unpaired) electrons. The molecule has 3 saturated heterocycles. The van der Waals surface area contributed by atoms with Gasteiger partial charge in [-0.2, -0.15) is 0 Å². The van der Waals surface area contributed by atoms with E-state index in [1.807, 2.05) is 13.0 Å². The normalized spacial score (nSPS) is 19.8. The second-order valence-electron chi connectivity index (χ2n) is 20.8. The van der Waals surface area contributed by atoms with Crippen molar-refractivity contribution in [2.45, 2.75) is 189 Å². The van der Waals surface area contributed by atoms with Gasteiger partial charge in [0.05, 0.1) is 22.4 Å². The van der Waals surface area contributed by atoms with E-state index in [9.17, 15) is 9.90 Å². The number of aromatic hydroxyl groups is 1. The summed E-state index contributed by atoms with van der Waals surface area (Å²) in [6.45, 7) is 34.4. The van der Waals surface area contributed by atoms with Gasteiger partial charge in [-0.05, 0) is 172 Å². The number of phenols is 1. The van der Waals surface area contributed by atoms with Crippen molar-refractivity contribution in [1.29, 1.82) is 0 Å². The van der Waals surface area contributed by atoms with Gasteiger partial charge in [-0.15, -0.1) is 0 Å². The largest absolute Gasteiger partial charge is 0.508 e. The maximum Gasteiger partial charge on any atom is 0.495 e. The van der Waals surface area contributed by atoms with Crippen LogP contribution in [0.25, 0.3) is 0 Å². The molecule has 1 atom stereocenters. The van der Waals surface area contributed by atoms with Crippen molar-refractivity contribution in [2.24, 2.45) is 0 Å². The van der Waals surface area contributed by atoms with Gasteiger partial charge in [0.2, 0.25) is 0 Å². The minimum atomic E-state index is -0.362. The van der Waals surface area contributed by atoms with Crippen LogP contribution in [0.3, 0.4) is 0 Å². The van der Waals surface area contributed by atoms with Gasteiger partial charge in [-0.1, -0.05) is 99.5 Å². The molecule has 3 heterocycles. The van der Waals surface area contributed by atoms with E-state index in [0.717, 1.165) is 59.9 Å². The van der Waals surface area contributed by atoms with Crippen molar-refractivity contribution in [3.63, 3.8) is 0 Å². The Bertz CT molecular complexity index is 2310. The zero-order valence-electron chi connectivity index (χ0n) is 42.4. The molecule has 0 bridgehead atoms. The van der Waals surface area contributed by atoms with Crippen molar-refractivity contribution in [3.8, 4) is 11.5 Å². The fourth-order valence-electron chi connectivity index (χ4n) is 9.83. The molecule has 4 aromatic rings. The number of benzene rings is 4. The number of hydrogen-bond donors (Lipinski definition) is 1. The molecule has 350 valence electrons. The topological polar surface area (TPSA) is 92.7 Å². The summed E-state index contributed by atoms with van der Waals surface area (Å²) in [5, 5.41) is 9.98. The molecule has 0 aliphatic carbocycles. The summed E-state index contributed by atoms with van der Waals surface area (Å²) < 4.78 is 36.5. The summed E-state index contributed by atoms with van der Waals surface area (Å²) in [7, 11) is -0.706. The standard InChI is InChI=1S/C30H41BO5.C25H35BO3/c1-9-30(10-2,23-12-15-26(21(4)18-23)33-19-24-13-16-27(32)34-24)22-11-14-25(20(3)17-22)31-35-28(5,6)29(7,8)36-31;1-9-25(10-2,20-12-14-22(27)18(4)16-20)19-11-13-21(17(3)15-19)26-28-23(5,6)24(7,8)29-26/h11-12,14-15,17-18,24H,9-10,13,16,19H2,1-8H3;11-16,27H,9-10H2,1-8H3/t24-;/m1./s1. The highest BCUT2D eigenvalue weighted by atomic mass is 16.7. The van der Waals surface area contributed by atoms with Gasteiger partial charge in [0.15, 0.2) is 0 Å². The van der Waals surface area contributed by atoms with Crippen LogP contribution in [0.5, 0.6) is 11.5 Å². The molecule has 0 aromatic heterocycles. The summed E-state index contributed by atoms with van der Waals surface area (Å²) in [6.07, 6.45) is 5.01. The minimum Gasteiger partial charge on any atom is -0.508 e. The Morgan fingerprint density at radius 2 is 0.938 bits per heavy atom. The van der Waals surface area contributed by atoms with E-state index in [2.05, 4.69) is 171 Å². The predicted octanol–water partition coefficient (Wildman–Crippen LogP) is 11.2. The van der Waals surface area contributed by atoms with E-state index in [1.54, 1.807) is 0 Å². The number of phenolic OH excluding ortho intramolecular Hbond substituents is 1. The quantitative estimate of drug-likeness (QED) is 0.105. The number of esters is 1. The molecule has 7 rings (SSSR count). The summed E-state index contributed by atoms with van der Waals surface area (Å²) in [5.41, 5.74) is 10.1. The maximum absolute atomic E-state index is 11.4. The third-order valence-electron chi connectivity index (χ3n) is 15.9. The lowest BCUT2D eigenvalue weighted by molar-refractivity contribution is -0.142. The second-order valence-corrected chi connectivity index (χ2v) is 20.8. The molecule has 3 aliphatic rings. The highest BCUT2D eigenvalue weighted by Gasteiger charge is 2.53. The van der Waals surface area contributed by atoms with E-state index in [0.29, 0.717) is 18.8 Å². The summed E-state index contributed by atoms with van der Waals surface area (Å²) >= 11 is 0. The fraction of sp³-hybridized carbons (Fsp3) is 0.545. The van der Waals surface area contributed by atoms with Crippen molar-refractivity contribution >= 4 is 31.1 Å². The summed E-state index contributed by atoms with van der Waals surface area (Å²) in [4.78, 5) is 11.4. The van der Waals surface area contributed by atoms with E-state index >= 15 is 0 Å². The Balaban J connectivity index is 0.000000221. The van der Waals surface area contributed by atoms with E-state index < -0.39 is 0 Å². The molecular formula is C55H76B2O8. The molecule has 3 aliphatic heterocycles. The molecule has 4 aromatic carbocycles. The van der Waals surface area contributed by atoms with Crippen molar-refractivity contribution < 1.29 is 38.0 Å². The Morgan fingerprint density at radius 3 is 1.28 bits per heavy atom. The number of carbonyl (C=O) groups excluding carboxylic acids is 1. The van der Waals surface area contributed by atoms with Crippen LogP contribution in [0.4, 0.5) is 0 Å². The first-order valence-electron chi connectivity index (χ1n) is 24.1. The van der Waals surface area contributed by atoms with Gasteiger partial charge >= 0.3 is 20.2 Å². The van der Waals surface area contributed by atoms with E-state index in [-0.39, 0.29) is 59.5 Å². The Hall–Kier alpha value is -4.08. The van der Waals surface area contributed by atoms with Gasteiger partial charge in [-0.3, -0.25) is 4.79 Å². The smallest absolute Gasteiger partial charge is 0.495 e. The van der Waals surface area contributed by atoms with Crippen LogP contribution in [0, 0.1) is 27.7 Å². The number of cyclic esters (lactones) is 1. The zero-order chi connectivity index (χ0) is 47.9. The summed E-state index contributed by atoms with van der Waals surface area (Å²) in [5.74, 6) is 1.06. The number of rotatable bonds is 13. The number of carbonyl (C=O) groups is 1. The third-order valence-corrected chi connectivity index (χ3v) is 15.9. The van der Waals surface area contributed by atoms with Gasteiger partial charge in [-0.25, -0.2) is 0 Å². The molecular weight excluding hydrogens is 810 g/mol. The van der Waals surface area contributed by atoms with Crippen LogP contribution in [0.15, 0.2) is 72.8 Å². The lowest BCUT2D eigenvalue weighted by atomic mass is 9.68. The fourth-order valence-corrected chi connectivity index (χ4v) is 9.83. The summed E-state index contributed by atoms with van der Waals surface area (Å²) in [6, 6.07) is 25.9. The van der Waals surface area contributed by atoms with Gasteiger partial charge < -0.3 is 33.2 Å². The first-order valence-corrected chi connectivity index (χ1v) is 24.1. The Kier molecular flexibility index (Phi) is 14.6. The van der Waals surface area contributed by atoms with Crippen molar-refractivity contribution in [1.82, 2.24) is 0 Å². The Morgan fingerprint density at radius 1 is 0.569 bits per heavy atom. The Labute approximate surface area is 391 Å². The van der Waals surface area contributed by atoms with Gasteiger partial charge in [0.1, 0.15) is 24.2 Å². The van der Waals surface area contributed by atoms with Crippen LogP contribution in [-0.2, 0) is 39.0 Å². The van der Waals surface area contributed by atoms with Crippen LogP contribution in [-0.4, -0.2) is 60.4 Å². The lowest BCUT2D eigenvalue weighted by Gasteiger charge is -2.34. The average Bonchev–Trinajstić information content (AvgIpc) is 3.83.